The van der Waals surface area contributed by atoms with Crippen LogP contribution in [0.1, 0.15) is 28.4 Å². The molecule has 0 heterocycles. The quantitative estimate of drug-likeness (QED) is 0.523. The highest BCUT2D eigenvalue weighted by atomic mass is 32.2. The molecule has 2 amide bonds. The molecule has 0 aliphatic heterocycles. The second kappa shape index (κ2) is 10.6. The second-order valence-electron chi connectivity index (χ2n) is 6.99. The predicted molar refractivity (Wildman–Crippen MR) is 126 cm³/mol. The van der Waals surface area contributed by atoms with Gasteiger partial charge in [-0.05, 0) is 61.4 Å². The Bertz CT molecular complexity index is 988. The monoisotopic (exact) mass is 418 g/mol. The molecular formula is C25H26N2O2S. The summed E-state index contributed by atoms with van der Waals surface area (Å²) >= 11 is 1.55. The van der Waals surface area contributed by atoms with Gasteiger partial charge in [-0.25, -0.2) is 0 Å². The standard InChI is InChI=1S/C25H26N2O2S/c1-3-27(23-11-7-8-19(2)16-23)25(29)21-14-12-20(13-15-21)17-30-18-24(28)26-22-9-5-4-6-10-22/h4-16H,3,17-18H2,1-2H3,(H,26,28). The molecule has 1 N–H and O–H groups in total. The second-order valence-corrected chi connectivity index (χ2v) is 7.98. The molecule has 0 saturated heterocycles. The van der Waals surface area contributed by atoms with Gasteiger partial charge in [0.25, 0.3) is 5.91 Å². The highest BCUT2D eigenvalue weighted by molar-refractivity contribution is 7.99. The number of carbonyl (C=O) groups excluding carboxylic acids is 2. The number of hydrogen-bond donors (Lipinski definition) is 1. The lowest BCUT2D eigenvalue weighted by Crippen LogP contribution is -2.30. The lowest BCUT2D eigenvalue weighted by Gasteiger charge is -2.21. The summed E-state index contributed by atoms with van der Waals surface area (Å²) in [6, 6.07) is 25.0. The summed E-state index contributed by atoms with van der Waals surface area (Å²) in [5.74, 6) is 1.07. The van der Waals surface area contributed by atoms with Crippen molar-refractivity contribution in [2.24, 2.45) is 0 Å². The first-order valence-corrected chi connectivity index (χ1v) is 11.1. The van der Waals surface area contributed by atoms with E-state index in [4.69, 9.17) is 0 Å². The molecule has 0 saturated carbocycles. The summed E-state index contributed by atoms with van der Waals surface area (Å²) in [6.45, 7) is 4.61. The molecule has 154 valence electrons. The summed E-state index contributed by atoms with van der Waals surface area (Å²) in [5, 5.41) is 2.88. The average molecular weight is 419 g/mol. The van der Waals surface area contributed by atoms with E-state index in [0.29, 0.717) is 23.6 Å². The fraction of sp³-hybridized carbons (Fsp3) is 0.200. The summed E-state index contributed by atoms with van der Waals surface area (Å²) in [7, 11) is 0. The SMILES string of the molecule is CCN(C(=O)c1ccc(CSCC(=O)Nc2ccccc2)cc1)c1cccc(C)c1. The maximum Gasteiger partial charge on any atom is 0.258 e. The molecular weight excluding hydrogens is 392 g/mol. The summed E-state index contributed by atoms with van der Waals surface area (Å²) < 4.78 is 0. The lowest BCUT2D eigenvalue weighted by molar-refractivity contribution is -0.113. The number of para-hydroxylation sites is 1. The number of anilines is 2. The van der Waals surface area contributed by atoms with Crippen LogP contribution in [0, 0.1) is 6.92 Å². The van der Waals surface area contributed by atoms with E-state index in [9.17, 15) is 9.59 Å². The van der Waals surface area contributed by atoms with E-state index in [1.807, 2.05) is 92.7 Å². The van der Waals surface area contributed by atoms with Crippen molar-refractivity contribution in [3.8, 4) is 0 Å². The molecule has 4 nitrogen and oxygen atoms in total. The molecule has 0 spiro atoms. The normalized spacial score (nSPS) is 10.5. The Morgan fingerprint density at radius 2 is 1.67 bits per heavy atom. The molecule has 0 radical (unpaired) electrons. The number of benzene rings is 3. The van der Waals surface area contributed by atoms with Crippen LogP contribution in [0.15, 0.2) is 78.9 Å². The van der Waals surface area contributed by atoms with E-state index in [0.717, 1.165) is 22.5 Å². The topological polar surface area (TPSA) is 49.4 Å². The third kappa shape index (κ3) is 5.97. The highest BCUT2D eigenvalue weighted by Crippen LogP contribution is 2.20. The Morgan fingerprint density at radius 3 is 2.33 bits per heavy atom. The summed E-state index contributed by atoms with van der Waals surface area (Å²) in [6.07, 6.45) is 0. The number of aryl methyl sites for hydroxylation is 1. The van der Waals surface area contributed by atoms with Crippen LogP contribution < -0.4 is 10.2 Å². The number of nitrogens with zero attached hydrogens (tertiary/aromatic N) is 1. The summed E-state index contributed by atoms with van der Waals surface area (Å²) in [5.41, 5.74) is 4.59. The van der Waals surface area contributed by atoms with Gasteiger partial charge in [0.2, 0.25) is 5.91 Å². The zero-order valence-electron chi connectivity index (χ0n) is 17.3. The van der Waals surface area contributed by atoms with Gasteiger partial charge in [-0.3, -0.25) is 9.59 Å². The van der Waals surface area contributed by atoms with Gasteiger partial charge in [0, 0.05) is 29.2 Å². The molecule has 0 unspecified atom stereocenters. The van der Waals surface area contributed by atoms with Crippen LogP contribution in [-0.4, -0.2) is 24.1 Å². The Kier molecular flexibility index (Phi) is 7.69. The molecule has 5 heteroatoms. The van der Waals surface area contributed by atoms with Crippen LogP contribution in [0.25, 0.3) is 0 Å². The number of amides is 2. The van der Waals surface area contributed by atoms with Crippen molar-refractivity contribution < 1.29 is 9.59 Å². The minimum atomic E-state index is -0.0188. The minimum Gasteiger partial charge on any atom is -0.325 e. The smallest absolute Gasteiger partial charge is 0.258 e. The van der Waals surface area contributed by atoms with Crippen LogP contribution in [-0.2, 0) is 10.5 Å². The van der Waals surface area contributed by atoms with Crippen LogP contribution in [0.3, 0.4) is 0 Å². The van der Waals surface area contributed by atoms with Gasteiger partial charge >= 0.3 is 0 Å². The fourth-order valence-corrected chi connectivity index (χ4v) is 3.91. The third-order valence-corrected chi connectivity index (χ3v) is 5.64. The van der Waals surface area contributed by atoms with Crippen molar-refractivity contribution >= 4 is 35.0 Å². The number of nitrogens with one attached hydrogen (secondary N) is 1. The van der Waals surface area contributed by atoms with Gasteiger partial charge < -0.3 is 10.2 Å². The van der Waals surface area contributed by atoms with Crippen molar-refractivity contribution in [3.63, 3.8) is 0 Å². The van der Waals surface area contributed by atoms with Crippen LogP contribution in [0.4, 0.5) is 11.4 Å². The van der Waals surface area contributed by atoms with Crippen molar-refractivity contribution in [1.82, 2.24) is 0 Å². The Labute approximate surface area is 182 Å². The molecule has 0 aromatic heterocycles. The van der Waals surface area contributed by atoms with E-state index in [1.54, 1.807) is 16.7 Å². The predicted octanol–water partition coefficient (Wildman–Crippen LogP) is 5.53. The van der Waals surface area contributed by atoms with E-state index < -0.39 is 0 Å². The molecule has 0 bridgehead atoms. The van der Waals surface area contributed by atoms with E-state index >= 15 is 0 Å². The Hall–Kier alpha value is -3.05. The zero-order chi connectivity index (χ0) is 21.3. The fourth-order valence-electron chi connectivity index (χ4n) is 3.12. The molecule has 3 rings (SSSR count). The van der Waals surface area contributed by atoms with Crippen molar-refractivity contribution in [3.05, 3.63) is 95.6 Å². The number of rotatable bonds is 8. The first-order chi connectivity index (χ1) is 14.6. The number of hydrogen-bond acceptors (Lipinski definition) is 3. The Balaban J connectivity index is 1.54. The van der Waals surface area contributed by atoms with Gasteiger partial charge in [0.05, 0.1) is 5.75 Å². The van der Waals surface area contributed by atoms with Gasteiger partial charge in [0.1, 0.15) is 0 Å². The van der Waals surface area contributed by atoms with E-state index in [-0.39, 0.29) is 11.8 Å². The molecule has 0 aliphatic carbocycles. The molecule has 30 heavy (non-hydrogen) atoms. The minimum absolute atomic E-state index is 0.00968. The zero-order valence-corrected chi connectivity index (χ0v) is 18.1. The van der Waals surface area contributed by atoms with Crippen molar-refractivity contribution in [2.75, 3.05) is 22.5 Å². The Morgan fingerprint density at radius 1 is 0.933 bits per heavy atom. The van der Waals surface area contributed by atoms with E-state index in [2.05, 4.69) is 5.32 Å². The van der Waals surface area contributed by atoms with Crippen LogP contribution in [0.2, 0.25) is 0 Å². The highest BCUT2D eigenvalue weighted by Gasteiger charge is 2.16. The number of carbonyl (C=O) groups is 2. The van der Waals surface area contributed by atoms with Gasteiger partial charge in [-0.15, -0.1) is 11.8 Å². The first kappa shape index (κ1) is 21.7. The van der Waals surface area contributed by atoms with Gasteiger partial charge in [0.15, 0.2) is 0 Å². The third-order valence-electron chi connectivity index (χ3n) is 4.64. The largest absolute Gasteiger partial charge is 0.325 e. The van der Waals surface area contributed by atoms with Crippen molar-refractivity contribution in [1.29, 1.82) is 0 Å². The maximum absolute atomic E-state index is 12.9. The molecule has 0 atom stereocenters. The molecule has 0 fully saturated rings. The van der Waals surface area contributed by atoms with Crippen molar-refractivity contribution in [2.45, 2.75) is 19.6 Å². The van der Waals surface area contributed by atoms with Gasteiger partial charge in [-0.2, -0.15) is 0 Å². The van der Waals surface area contributed by atoms with Crippen LogP contribution in [0.5, 0.6) is 0 Å². The first-order valence-electron chi connectivity index (χ1n) is 9.97. The average Bonchev–Trinajstić information content (AvgIpc) is 2.75. The van der Waals surface area contributed by atoms with E-state index in [1.165, 1.54) is 0 Å². The maximum atomic E-state index is 12.9. The molecule has 0 aliphatic rings. The summed E-state index contributed by atoms with van der Waals surface area (Å²) in [4.78, 5) is 26.8. The molecule has 3 aromatic carbocycles. The molecule has 3 aromatic rings. The van der Waals surface area contributed by atoms with Crippen LogP contribution >= 0.6 is 11.8 Å². The van der Waals surface area contributed by atoms with Gasteiger partial charge in [-0.1, -0.05) is 42.5 Å². The number of thioether (sulfide) groups is 1. The lowest BCUT2D eigenvalue weighted by atomic mass is 10.1.